The normalized spacial score (nSPS) is 11.0. The third-order valence-corrected chi connectivity index (χ3v) is 5.30. The summed E-state index contributed by atoms with van der Waals surface area (Å²) in [6, 6.07) is 7.74. The minimum Gasteiger partial charge on any atom is -0.308 e. The molecule has 1 amide bonds. The number of rotatable bonds is 5. The maximum atomic E-state index is 14.1. The molecule has 0 aliphatic heterocycles. The molecular weight excluding hydrogens is 404 g/mol. The van der Waals surface area contributed by atoms with Gasteiger partial charge in [0.25, 0.3) is 5.91 Å². The lowest BCUT2D eigenvalue weighted by atomic mass is 10.0. The number of nitrogens with zero attached hydrogens (tertiary/aromatic N) is 3. The number of hydrogen-bond acceptors (Lipinski definition) is 4. The molecule has 8 heteroatoms. The first-order valence-corrected chi connectivity index (χ1v) is 9.37. The van der Waals surface area contributed by atoms with Crippen molar-refractivity contribution < 1.29 is 13.6 Å². The first-order chi connectivity index (χ1) is 12.8. The number of aryl methyl sites for hydroxylation is 2. The largest absolute Gasteiger partial charge is 0.308 e. The molecule has 3 rings (SSSR count). The van der Waals surface area contributed by atoms with E-state index in [-0.39, 0.29) is 23.8 Å². The number of benzene rings is 2. The van der Waals surface area contributed by atoms with Gasteiger partial charge < -0.3 is 4.90 Å². The molecule has 0 saturated heterocycles. The second kappa shape index (κ2) is 8.94. The molecule has 1 heterocycles. The van der Waals surface area contributed by atoms with Crippen molar-refractivity contribution in [3.05, 3.63) is 58.7 Å². The fourth-order valence-electron chi connectivity index (χ4n) is 2.76. The van der Waals surface area contributed by atoms with Crippen LogP contribution in [-0.4, -0.2) is 43.0 Å². The van der Waals surface area contributed by atoms with Gasteiger partial charge in [-0.1, -0.05) is 29.0 Å². The quantitative estimate of drug-likeness (QED) is 0.588. The molecule has 0 bridgehead atoms. The molecule has 0 atom stereocenters. The van der Waals surface area contributed by atoms with Crippen LogP contribution in [-0.2, 0) is 0 Å². The van der Waals surface area contributed by atoms with Crippen LogP contribution in [0.2, 0.25) is 0 Å². The van der Waals surface area contributed by atoms with E-state index in [2.05, 4.69) is 4.98 Å². The van der Waals surface area contributed by atoms with Crippen LogP contribution < -0.4 is 4.90 Å². The topological polar surface area (TPSA) is 36.4 Å². The Kier molecular flexibility index (Phi) is 7.09. The molecule has 0 spiro atoms. The van der Waals surface area contributed by atoms with Crippen molar-refractivity contribution in [3.8, 4) is 0 Å². The van der Waals surface area contributed by atoms with E-state index in [1.165, 1.54) is 6.07 Å². The number of amides is 1. The summed E-state index contributed by atoms with van der Waals surface area (Å²) in [4.78, 5) is 21.1. The number of carbonyl (C=O) groups excluding carboxylic acids is 1. The molecule has 0 fully saturated rings. The number of anilines is 1. The second-order valence-corrected chi connectivity index (χ2v) is 7.82. The zero-order chi connectivity index (χ0) is 19.7. The minimum absolute atomic E-state index is 0. The number of thiazole rings is 1. The molecule has 0 aliphatic rings. The lowest BCUT2D eigenvalue weighted by Crippen LogP contribution is -2.37. The van der Waals surface area contributed by atoms with Gasteiger partial charge in [-0.3, -0.25) is 9.69 Å². The van der Waals surface area contributed by atoms with Gasteiger partial charge in [0.15, 0.2) is 10.9 Å². The number of aromatic nitrogens is 1. The maximum absolute atomic E-state index is 14.1. The van der Waals surface area contributed by atoms with E-state index in [0.29, 0.717) is 28.5 Å². The van der Waals surface area contributed by atoms with Gasteiger partial charge in [-0.2, -0.15) is 0 Å². The van der Waals surface area contributed by atoms with E-state index in [4.69, 9.17) is 0 Å². The van der Waals surface area contributed by atoms with Crippen molar-refractivity contribution in [1.29, 1.82) is 0 Å². The highest BCUT2D eigenvalue weighted by molar-refractivity contribution is 7.22. The fraction of sp³-hybridized carbons (Fsp3) is 0.300. The van der Waals surface area contributed by atoms with E-state index in [1.54, 1.807) is 4.90 Å². The summed E-state index contributed by atoms with van der Waals surface area (Å²) < 4.78 is 28.0. The van der Waals surface area contributed by atoms with E-state index >= 15 is 0 Å². The molecule has 0 N–H and O–H groups in total. The average molecular weight is 426 g/mol. The van der Waals surface area contributed by atoms with Crippen LogP contribution in [0.5, 0.6) is 0 Å². The Morgan fingerprint density at radius 1 is 1.11 bits per heavy atom. The first-order valence-electron chi connectivity index (χ1n) is 8.55. The summed E-state index contributed by atoms with van der Waals surface area (Å²) in [5.74, 6) is -1.58. The molecule has 0 aliphatic carbocycles. The number of carbonyl (C=O) groups is 1. The Bertz CT molecular complexity index is 1010. The summed E-state index contributed by atoms with van der Waals surface area (Å²) in [6.07, 6.45) is 0. The SMILES string of the molecule is Cc1ccc(C)c(C(=O)N(CCN(C)C)c2nc3c(F)cc(F)cc3s2)c1.Cl. The molecular formula is C20H22ClF2N3OS. The monoisotopic (exact) mass is 425 g/mol. The maximum Gasteiger partial charge on any atom is 0.260 e. The lowest BCUT2D eigenvalue weighted by Gasteiger charge is -2.23. The summed E-state index contributed by atoms with van der Waals surface area (Å²) in [5.41, 5.74) is 2.51. The summed E-state index contributed by atoms with van der Waals surface area (Å²) in [6.45, 7) is 4.81. The first kappa shape index (κ1) is 22.2. The van der Waals surface area contributed by atoms with Gasteiger partial charge in [0.2, 0.25) is 0 Å². The summed E-state index contributed by atoms with van der Waals surface area (Å²) >= 11 is 1.11. The van der Waals surface area contributed by atoms with E-state index in [1.807, 2.05) is 51.0 Å². The predicted molar refractivity (Wildman–Crippen MR) is 113 cm³/mol. The Hall–Kier alpha value is -2.09. The number of fused-ring (bicyclic) bond motifs is 1. The molecule has 28 heavy (non-hydrogen) atoms. The Morgan fingerprint density at radius 3 is 2.50 bits per heavy atom. The van der Waals surface area contributed by atoms with E-state index < -0.39 is 11.6 Å². The number of hydrogen-bond donors (Lipinski definition) is 0. The highest BCUT2D eigenvalue weighted by atomic mass is 35.5. The highest BCUT2D eigenvalue weighted by Crippen LogP contribution is 2.32. The zero-order valence-corrected chi connectivity index (χ0v) is 17.8. The molecule has 0 unspecified atom stereocenters. The van der Waals surface area contributed by atoms with Gasteiger partial charge >= 0.3 is 0 Å². The van der Waals surface area contributed by atoms with Crippen LogP contribution in [0.25, 0.3) is 10.2 Å². The third-order valence-electron chi connectivity index (χ3n) is 4.27. The average Bonchev–Trinajstić information content (AvgIpc) is 3.00. The Balaban J connectivity index is 0.00000280. The number of likely N-dealkylation sites (N-methyl/N-ethyl adjacent to an activating group) is 1. The molecule has 0 radical (unpaired) electrons. The zero-order valence-electron chi connectivity index (χ0n) is 16.1. The minimum atomic E-state index is -0.723. The number of halogens is 3. The standard InChI is InChI=1S/C20H21F2N3OS.ClH/c1-12-5-6-13(2)15(9-12)19(26)25(8-7-24(3)4)20-23-18-16(22)10-14(21)11-17(18)27-20;/h5-6,9-11H,7-8H2,1-4H3;1H. The third kappa shape index (κ3) is 4.66. The van der Waals surface area contributed by atoms with Crippen LogP contribution in [0, 0.1) is 25.5 Å². The van der Waals surface area contributed by atoms with Crippen LogP contribution in [0.3, 0.4) is 0 Å². The summed E-state index contributed by atoms with van der Waals surface area (Å²) in [7, 11) is 3.82. The molecule has 3 aromatic rings. The van der Waals surface area contributed by atoms with Crippen molar-refractivity contribution in [3.63, 3.8) is 0 Å². The van der Waals surface area contributed by atoms with Crippen molar-refractivity contribution in [2.24, 2.45) is 0 Å². The van der Waals surface area contributed by atoms with Crippen LogP contribution >= 0.6 is 23.7 Å². The lowest BCUT2D eigenvalue weighted by molar-refractivity contribution is 0.0984. The smallest absolute Gasteiger partial charge is 0.260 e. The van der Waals surface area contributed by atoms with Crippen molar-refractivity contribution in [1.82, 2.24) is 9.88 Å². The van der Waals surface area contributed by atoms with E-state index in [0.717, 1.165) is 28.5 Å². The summed E-state index contributed by atoms with van der Waals surface area (Å²) in [5, 5.41) is 0.363. The van der Waals surface area contributed by atoms with Gasteiger partial charge in [-0.05, 0) is 45.6 Å². The van der Waals surface area contributed by atoms with Crippen molar-refractivity contribution >= 4 is 45.0 Å². The molecule has 0 saturated carbocycles. The van der Waals surface area contributed by atoms with Crippen LogP contribution in [0.4, 0.5) is 13.9 Å². The molecule has 2 aromatic carbocycles. The second-order valence-electron chi connectivity index (χ2n) is 6.81. The van der Waals surface area contributed by atoms with Crippen molar-refractivity contribution in [2.45, 2.75) is 13.8 Å². The molecule has 1 aromatic heterocycles. The van der Waals surface area contributed by atoms with Gasteiger partial charge in [0.05, 0.1) is 4.70 Å². The Labute approximate surface area is 173 Å². The van der Waals surface area contributed by atoms with Gasteiger partial charge in [-0.15, -0.1) is 12.4 Å². The van der Waals surface area contributed by atoms with Gasteiger partial charge in [0, 0.05) is 24.7 Å². The van der Waals surface area contributed by atoms with Crippen LogP contribution in [0.1, 0.15) is 21.5 Å². The van der Waals surface area contributed by atoms with Crippen molar-refractivity contribution in [2.75, 3.05) is 32.1 Å². The van der Waals surface area contributed by atoms with Gasteiger partial charge in [-0.25, -0.2) is 13.8 Å². The predicted octanol–water partition coefficient (Wildman–Crippen LogP) is 4.82. The van der Waals surface area contributed by atoms with Crippen LogP contribution in [0.15, 0.2) is 30.3 Å². The van der Waals surface area contributed by atoms with Gasteiger partial charge in [0.1, 0.15) is 11.3 Å². The highest BCUT2D eigenvalue weighted by Gasteiger charge is 2.24. The molecule has 150 valence electrons. The molecule has 4 nitrogen and oxygen atoms in total. The fourth-order valence-corrected chi connectivity index (χ4v) is 3.79. The van der Waals surface area contributed by atoms with E-state index in [9.17, 15) is 13.6 Å². The Morgan fingerprint density at radius 2 is 1.82 bits per heavy atom.